The van der Waals surface area contributed by atoms with Gasteiger partial charge in [0.25, 0.3) is 0 Å². The molecule has 0 radical (unpaired) electrons. The average molecular weight is 411 g/mol. The Hall–Kier alpha value is -3.12. The Labute approximate surface area is 174 Å². The highest BCUT2D eigenvalue weighted by Crippen LogP contribution is 2.35. The normalized spacial score (nSPS) is 12.3. The van der Waals surface area contributed by atoms with Crippen molar-refractivity contribution in [2.45, 2.75) is 19.6 Å². The molecule has 6 heteroatoms. The molecule has 3 aromatic carbocycles. The molecule has 0 aliphatic carbocycles. The van der Waals surface area contributed by atoms with E-state index < -0.39 is 11.7 Å². The molecule has 30 heavy (non-hydrogen) atoms. The Morgan fingerprint density at radius 1 is 0.900 bits per heavy atom. The van der Waals surface area contributed by atoms with Crippen LogP contribution in [0.25, 0.3) is 0 Å². The Bertz CT molecular complexity index is 1040. The van der Waals surface area contributed by atoms with Gasteiger partial charge in [0.1, 0.15) is 5.84 Å². The van der Waals surface area contributed by atoms with Gasteiger partial charge in [-0.25, -0.2) is 4.99 Å². The van der Waals surface area contributed by atoms with E-state index in [-0.39, 0.29) is 5.69 Å². The van der Waals surface area contributed by atoms with Crippen LogP contribution in [0.5, 0.6) is 0 Å². The lowest BCUT2D eigenvalue weighted by molar-refractivity contribution is -0.136. The van der Waals surface area contributed by atoms with Crippen molar-refractivity contribution >= 4 is 17.2 Å². The molecule has 0 amide bonds. The van der Waals surface area contributed by atoms with Crippen LogP contribution >= 0.6 is 0 Å². The SMILES string of the molecule is Cc1ccccc1N=C(Nc1ccccc1C(F)(F)F)c1ccccc1CN(C)C. The molecule has 0 atom stereocenters. The molecule has 3 nitrogen and oxygen atoms in total. The topological polar surface area (TPSA) is 27.6 Å². The molecule has 1 N–H and O–H groups in total. The molecule has 0 aliphatic heterocycles. The number of benzene rings is 3. The summed E-state index contributed by atoms with van der Waals surface area (Å²) in [5, 5.41) is 2.97. The molecule has 3 aromatic rings. The van der Waals surface area contributed by atoms with Gasteiger partial charge in [0.2, 0.25) is 0 Å². The van der Waals surface area contributed by atoms with Gasteiger partial charge >= 0.3 is 6.18 Å². The standard InChI is InChI=1S/C24H24F3N3/c1-17-10-4-8-14-21(17)28-23(19-12-6-5-11-18(19)16-30(2)3)29-22-15-9-7-13-20(22)24(25,26)27/h4-15H,16H2,1-3H3,(H,28,29). The first-order valence-corrected chi connectivity index (χ1v) is 9.56. The van der Waals surface area contributed by atoms with Crippen molar-refractivity contribution in [3.63, 3.8) is 0 Å². The maximum atomic E-state index is 13.6. The quantitative estimate of drug-likeness (QED) is 0.396. The van der Waals surface area contributed by atoms with E-state index in [1.165, 1.54) is 12.1 Å². The molecule has 0 aliphatic rings. The smallest absolute Gasteiger partial charge is 0.339 e. The highest BCUT2D eigenvalue weighted by Gasteiger charge is 2.33. The summed E-state index contributed by atoms with van der Waals surface area (Å²) in [6.45, 7) is 2.55. The highest BCUT2D eigenvalue weighted by molar-refractivity contribution is 6.10. The van der Waals surface area contributed by atoms with Gasteiger partial charge in [-0.3, -0.25) is 0 Å². The van der Waals surface area contributed by atoms with Crippen LogP contribution < -0.4 is 5.32 Å². The van der Waals surface area contributed by atoms with Gasteiger partial charge in [-0.05, 0) is 50.3 Å². The number of hydrogen-bond donors (Lipinski definition) is 1. The second kappa shape index (κ2) is 9.13. The third-order valence-corrected chi connectivity index (χ3v) is 4.59. The molecule has 0 unspecified atom stereocenters. The summed E-state index contributed by atoms with van der Waals surface area (Å²) in [7, 11) is 3.89. The van der Waals surface area contributed by atoms with Gasteiger partial charge in [0.15, 0.2) is 0 Å². The number of nitrogens with one attached hydrogen (secondary N) is 1. The van der Waals surface area contributed by atoms with E-state index in [0.29, 0.717) is 18.1 Å². The summed E-state index contributed by atoms with van der Waals surface area (Å²) < 4.78 is 40.7. The summed E-state index contributed by atoms with van der Waals surface area (Å²) in [6.07, 6.45) is -4.47. The van der Waals surface area contributed by atoms with Crippen molar-refractivity contribution < 1.29 is 13.2 Å². The molecule has 156 valence electrons. The minimum Gasteiger partial charge on any atom is -0.339 e. The average Bonchev–Trinajstić information content (AvgIpc) is 2.69. The van der Waals surface area contributed by atoms with Crippen LogP contribution in [0.4, 0.5) is 24.5 Å². The number of halogens is 3. The van der Waals surface area contributed by atoms with Crippen LogP contribution in [0.15, 0.2) is 77.8 Å². The number of hydrogen-bond acceptors (Lipinski definition) is 2. The van der Waals surface area contributed by atoms with Crippen molar-refractivity contribution in [3.8, 4) is 0 Å². The van der Waals surface area contributed by atoms with Gasteiger partial charge in [-0.1, -0.05) is 54.6 Å². The fourth-order valence-corrected chi connectivity index (χ4v) is 3.16. The van der Waals surface area contributed by atoms with Crippen LogP contribution in [0.2, 0.25) is 0 Å². The lowest BCUT2D eigenvalue weighted by Crippen LogP contribution is -2.21. The maximum Gasteiger partial charge on any atom is 0.418 e. The summed E-state index contributed by atoms with van der Waals surface area (Å²) in [4.78, 5) is 6.74. The van der Waals surface area contributed by atoms with Crippen LogP contribution in [-0.4, -0.2) is 24.8 Å². The molecule has 0 saturated heterocycles. The molecule has 0 spiro atoms. The number of aryl methyl sites for hydroxylation is 1. The third-order valence-electron chi connectivity index (χ3n) is 4.59. The predicted molar refractivity (Wildman–Crippen MR) is 116 cm³/mol. The second-order valence-corrected chi connectivity index (χ2v) is 7.31. The van der Waals surface area contributed by atoms with E-state index in [4.69, 9.17) is 4.99 Å². The molecule has 0 saturated carbocycles. The van der Waals surface area contributed by atoms with Crippen LogP contribution in [0.3, 0.4) is 0 Å². The molecule has 0 aromatic heterocycles. The number of nitrogens with zero attached hydrogens (tertiary/aromatic N) is 2. The van der Waals surface area contributed by atoms with Crippen molar-refractivity contribution in [1.29, 1.82) is 0 Å². The predicted octanol–water partition coefficient (Wildman–Crippen LogP) is 6.27. The van der Waals surface area contributed by atoms with E-state index in [1.54, 1.807) is 6.07 Å². The number of alkyl halides is 3. The fraction of sp³-hybridized carbons (Fsp3) is 0.208. The summed E-state index contributed by atoms with van der Waals surface area (Å²) in [5.74, 6) is 0.374. The Kier molecular flexibility index (Phi) is 6.57. The van der Waals surface area contributed by atoms with Crippen molar-refractivity contribution in [3.05, 3.63) is 95.1 Å². The van der Waals surface area contributed by atoms with E-state index in [0.717, 1.165) is 22.8 Å². The van der Waals surface area contributed by atoms with Crippen molar-refractivity contribution in [2.24, 2.45) is 4.99 Å². The van der Waals surface area contributed by atoms with E-state index in [2.05, 4.69) is 5.32 Å². The van der Waals surface area contributed by atoms with Gasteiger partial charge in [0.05, 0.1) is 16.9 Å². The molecule has 3 rings (SSSR count). The van der Waals surface area contributed by atoms with Gasteiger partial charge < -0.3 is 10.2 Å². The minimum absolute atomic E-state index is 0.0306. The molecule has 0 fully saturated rings. The maximum absolute atomic E-state index is 13.6. The van der Waals surface area contributed by atoms with Crippen molar-refractivity contribution in [1.82, 2.24) is 4.90 Å². The van der Waals surface area contributed by atoms with E-state index in [9.17, 15) is 13.2 Å². The first kappa shape index (κ1) is 21.6. The zero-order valence-electron chi connectivity index (χ0n) is 17.2. The summed E-state index contributed by atoms with van der Waals surface area (Å²) >= 11 is 0. The first-order valence-electron chi connectivity index (χ1n) is 9.56. The van der Waals surface area contributed by atoms with Crippen LogP contribution in [-0.2, 0) is 12.7 Å². The lowest BCUT2D eigenvalue weighted by Gasteiger charge is -2.19. The van der Waals surface area contributed by atoms with Gasteiger partial charge in [0, 0.05) is 12.1 Å². The van der Waals surface area contributed by atoms with Gasteiger partial charge in [-0.2, -0.15) is 13.2 Å². The summed E-state index contributed by atoms with van der Waals surface area (Å²) in [5.41, 5.74) is 2.60. The monoisotopic (exact) mass is 411 g/mol. The number of amidine groups is 1. The summed E-state index contributed by atoms with van der Waals surface area (Å²) in [6, 6.07) is 20.6. The molecular weight excluding hydrogens is 387 g/mol. The highest BCUT2D eigenvalue weighted by atomic mass is 19.4. The Morgan fingerprint density at radius 2 is 1.53 bits per heavy atom. The first-order chi connectivity index (χ1) is 14.3. The third kappa shape index (κ3) is 5.27. The number of rotatable bonds is 5. The zero-order chi connectivity index (χ0) is 21.7. The zero-order valence-corrected chi connectivity index (χ0v) is 17.2. The number of para-hydroxylation sites is 2. The molecular formula is C24H24F3N3. The number of anilines is 1. The lowest BCUT2D eigenvalue weighted by atomic mass is 10.0. The van der Waals surface area contributed by atoms with E-state index in [1.807, 2.05) is 74.4 Å². The second-order valence-electron chi connectivity index (χ2n) is 7.31. The van der Waals surface area contributed by atoms with Crippen molar-refractivity contribution in [2.75, 3.05) is 19.4 Å². The van der Waals surface area contributed by atoms with Crippen LogP contribution in [0.1, 0.15) is 22.3 Å². The number of aliphatic imine (C=N–C) groups is 1. The molecule has 0 heterocycles. The minimum atomic E-state index is -4.47. The van der Waals surface area contributed by atoms with Crippen LogP contribution in [0, 0.1) is 6.92 Å². The van der Waals surface area contributed by atoms with E-state index >= 15 is 0 Å². The Balaban J connectivity index is 2.15. The fourth-order valence-electron chi connectivity index (χ4n) is 3.16. The Morgan fingerprint density at radius 3 is 2.23 bits per heavy atom. The molecule has 0 bridgehead atoms. The largest absolute Gasteiger partial charge is 0.418 e. The van der Waals surface area contributed by atoms with Gasteiger partial charge in [-0.15, -0.1) is 0 Å².